The van der Waals surface area contributed by atoms with Crippen LogP contribution in [0.2, 0.25) is 0 Å². The number of esters is 1. The summed E-state index contributed by atoms with van der Waals surface area (Å²) in [6.07, 6.45) is 0.998. The van der Waals surface area contributed by atoms with E-state index in [2.05, 4.69) is 20.7 Å². The molecule has 0 saturated carbocycles. The van der Waals surface area contributed by atoms with Crippen molar-refractivity contribution >= 4 is 27.8 Å². The van der Waals surface area contributed by atoms with Gasteiger partial charge in [-0.1, -0.05) is 15.9 Å². The van der Waals surface area contributed by atoms with Gasteiger partial charge in [-0.25, -0.2) is 0 Å². The van der Waals surface area contributed by atoms with Gasteiger partial charge in [0.05, 0.1) is 12.4 Å². The van der Waals surface area contributed by atoms with E-state index < -0.39 is 0 Å². The van der Waals surface area contributed by atoms with Crippen molar-refractivity contribution in [1.82, 2.24) is 4.90 Å². The number of ether oxygens (including phenoxy) is 1. The van der Waals surface area contributed by atoms with Gasteiger partial charge in [-0.3, -0.25) is 9.59 Å². The average Bonchev–Trinajstić information content (AvgIpc) is 2.15. The van der Waals surface area contributed by atoms with Crippen LogP contribution in [0, 0.1) is 0 Å². The first-order valence-electron chi connectivity index (χ1n) is 3.98. The van der Waals surface area contributed by atoms with Gasteiger partial charge in [0.25, 0.3) is 0 Å². The number of hydrogen-bond donors (Lipinski definition) is 0. The lowest BCUT2D eigenvalue weighted by Gasteiger charge is -2.14. The van der Waals surface area contributed by atoms with Crippen molar-refractivity contribution < 1.29 is 14.3 Å². The van der Waals surface area contributed by atoms with Crippen molar-refractivity contribution in [1.29, 1.82) is 0 Å². The van der Waals surface area contributed by atoms with Crippen LogP contribution in [0.25, 0.3) is 0 Å². The molecule has 0 aliphatic rings. The molecule has 0 bridgehead atoms. The predicted octanol–water partition coefficient (Wildman–Crippen LogP) is 0.793. The second-order valence-corrected chi connectivity index (χ2v) is 3.19. The molecule has 0 radical (unpaired) electrons. The lowest BCUT2D eigenvalue weighted by Crippen LogP contribution is -2.28. The van der Waals surface area contributed by atoms with Crippen LogP contribution in [0.3, 0.4) is 0 Å². The molecule has 0 aliphatic heterocycles. The van der Waals surface area contributed by atoms with Crippen LogP contribution in [0.4, 0.5) is 0 Å². The van der Waals surface area contributed by atoms with Crippen molar-refractivity contribution in [3.8, 4) is 0 Å². The number of halogens is 1. The van der Waals surface area contributed by atoms with Gasteiger partial charge in [-0.05, 0) is 6.42 Å². The van der Waals surface area contributed by atoms with Crippen LogP contribution in [0.5, 0.6) is 0 Å². The third-order valence-corrected chi connectivity index (χ3v) is 2.12. The Labute approximate surface area is 86.4 Å². The molecule has 0 fully saturated rings. The van der Waals surface area contributed by atoms with Crippen LogP contribution in [0.15, 0.2) is 0 Å². The van der Waals surface area contributed by atoms with Crippen LogP contribution < -0.4 is 0 Å². The topological polar surface area (TPSA) is 46.6 Å². The minimum absolute atomic E-state index is 0.0184. The number of methoxy groups -OCH3 is 1. The van der Waals surface area contributed by atoms with E-state index in [4.69, 9.17) is 0 Å². The number of hydrogen-bond acceptors (Lipinski definition) is 3. The van der Waals surface area contributed by atoms with E-state index in [1.807, 2.05) is 0 Å². The number of amides is 1. The molecule has 0 saturated heterocycles. The number of alkyl halides is 1. The van der Waals surface area contributed by atoms with Crippen molar-refractivity contribution in [3.05, 3.63) is 0 Å². The summed E-state index contributed by atoms with van der Waals surface area (Å²) in [5.74, 6) is -0.218. The number of nitrogens with zero attached hydrogens (tertiary/aromatic N) is 1. The highest BCUT2D eigenvalue weighted by atomic mass is 79.9. The Morgan fingerprint density at radius 2 is 2.08 bits per heavy atom. The van der Waals surface area contributed by atoms with Gasteiger partial charge in [0.2, 0.25) is 5.91 Å². The van der Waals surface area contributed by atoms with Gasteiger partial charge in [-0.15, -0.1) is 0 Å². The second-order valence-electron chi connectivity index (χ2n) is 2.63. The Kier molecular flexibility index (Phi) is 6.58. The molecule has 0 rings (SSSR count). The third kappa shape index (κ3) is 5.63. The maximum atomic E-state index is 11.0. The van der Waals surface area contributed by atoms with E-state index in [1.54, 1.807) is 11.9 Å². The minimum atomic E-state index is -0.236. The molecule has 0 aromatic rings. The quantitative estimate of drug-likeness (QED) is 0.537. The Morgan fingerprint density at radius 3 is 2.54 bits per heavy atom. The summed E-state index contributed by atoms with van der Waals surface area (Å²) >= 11 is 3.07. The van der Waals surface area contributed by atoms with E-state index in [1.165, 1.54) is 7.11 Å². The molecule has 0 atom stereocenters. The van der Waals surface area contributed by atoms with E-state index in [0.29, 0.717) is 24.7 Å². The molecule has 76 valence electrons. The molecule has 0 aromatic heterocycles. The van der Waals surface area contributed by atoms with Gasteiger partial charge in [0.1, 0.15) is 0 Å². The summed E-state index contributed by atoms with van der Waals surface area (Å²) in [4.78, 5) is 23.3. The molecule has 4 nitrogen and oxygen atoms in total. The Hall–Kier alpha value is -0.580. The fourth-order valence-electron chi connectivity index (χ4n) is 0.789. The largest absolute Gasteiger partial charge is 0.469 e. The molecule has 5 heteroatoms. The maximum absolute atomic E-state index is 11.0. The Bertz CT molecular complexity index is 184. The van der Waals surface area contributed by atoms with Crippen LogP contribution in [0.1, 0.15) is 12.8 Å². The normalized spacial score (nSPS) is 9.46. The van der Waals surface area contributed by atoms with Crippen LogP contribution in [-0.2, 0) is 14.3 Å². The molecule has 0 N–H and O–H groups in total. The molecular weight excluding hydrogens is 238 g/mol. The first-order chi connectivity index (χ1) is 6.11. The molecule has 1 amide bonds. The highest BCUT2D eigenvalue weighted by molar-refractivity contribution is 9.09. The molecule has 0 aliphatic carbocycles. The van der Waals surface area contributed by atoms with Crippen molar-refractivity contribution in [2.45, 2.75) is 12.8 Å². The molecule has 0 unspecified atom stereocenters. The zero-order valence-corrected chi connectivity index (χ0v) is 9.46. The highest BCUT2D eigenvalue weighted by Gasteiger charge is 2.07. The second kappa shape index (κ2) is 6.88. The summed E-state index contributed by atoms with van der Waals surface area (Å²) in [7, 11) is 3.07. The van der Waals surface area contributed by atoms with Gasteiger partial charge in [-0.2, -0.15) is 0 Å². The van der Waals surface area contributed by atoms with Gasteiger partial charge in [0, 0.05) is 20.0 Å². The molecule has 0 heterocycles. The monoisotopic (exact) mass is 251 g/mol. The van der Waals surface area contributed by atoms with Gasteiger partial charge in [0.15, 0.2) is 0 Å². The summed E-state index contributed by atoms with van der Waals surface area (Å²) in [5, 5.41) is 0.321. The van der Waals surface area contributed by atoms with E-state index >= 15 is 0 Å². The van der Waals surface area contributed by atoms with Crippen LogP contribution >= 0.6 is 15.9 Å². The molecule has 13 heavy (non-hydrogen) atoms. The summed E-state index contributed by atoms with van der Waals surface area (Å²) in [6.45, 7) is 0.583. The zero-order chi connectivity index (χ0) is 10.3. The fourth-order valence-corrected chi connectivity index (χ4v) is 1.22. The number of carbonyl (C=O) groups excluding carboxylic acids is 2. The Balaban J connectivity index is 3.53. The highest BCUT2D eigenvalue weighted by Crippen LogP contribution is 1.96. The standard InChI is InChI=1S/C8H14BrNO3/c1-10(7(11)6-9)5-3-4-8(12)13-2/h3-6H2,1-2H3. The summed E-state index contributed by atoms with van der Waals surface area (Å²) in [5.41, 5.74) is 0. The maximum Gasteiger partial charge on any atom is 0.305 e. The first kappa shape index (κ1) is 12.4. The number of rotatable bonds is 5. The van der Waals surface area contributed by atoms with Crippen LogP contribution in [-0.4, -0.2) is 42.8 Å². The SMILES string of the molecule is COC(=O)CCCN(C)C(=O)CBr. The van der Waals surface area contributed by atoms with Crippen molar-refractivity contribution in [3.63, 3.8) is 0 Å². The van der Waals surface area contributed by atoms with Crippen molar-refractivity contribution in [2.75, 3.05) is 26.0 Å². The Morgan fingerprint density at radius 1 is 1.46 bits per heavy atom. The summed E-state index contributed by atoms with van der Waals surface area (Å²) < 4.78 is 4.47. The van der Waals surface area contributed by atoms with Crippen molar-refractivity contribution in [2.24, 2.45) is 0 Å². The predicted molar refractivity (Wildman–Crippen MR) is 52.7 cm³/mol. The lowest BCUT2D eigenvalue weighted by atomic mass is 10.3. The fraction of sp³-hybridized carbons (Fsp3) is 0.750. The smallest absolute Gasteiger partial charge is 0.305 e. The van der Waals surface area contributed by atoms with E-state index in [-0.39, 0.29) is 11.9 Å². The van der Waals surface area contributed by atoms with Gasteiger partial charge < -0.3 is 9.64 Å². The average molecular weight is 252 g/mol. The first-order valence-corrected chi connectivity index (χ1v) is 5.10. The van der Waals surface area contributed by atoms with E-state index in [0.717, 1.165) is 0 Å². The number of carbonyl (C=O) groups is 2. The molecule has 0 spiro atoms. The zero-order valence-electron chi connectivity index (χ0n) is 7.88. The lowest BCUT2D eigenvalue weighted by molar-refractivity contribution is -0.141. The summed E-state index contributed by atoms with van der Waals surface area (Å²) in [6, 6.07) is 0. The minimum Gasteiger partial charge on any atom is -0.469 e. The molecule has 0 aromatic carbocycles. The third-order valence-electron chi connectivity index (χ3n) is 1.64. The molecular formula is C8H14BrNO3. The van der Waals surface area contributed by atoms with E-state index in [9.17, 15) is 9.59 Å². The van der Waals surface area contributed by atoms with Gasteiger partial charge >= 0.3 is 5.97 Å².